The molecule has 0 spiro atoms. The van der Waals surface area contributed by atoms with Crippen LogP contribution in [0, 0.1) is 0 Å². The standard InChI is InChI=1S/C16H36O8Si/c1-9-13(17-5)21-25(22-14(10-2)18-6,23-15(11-3)19-7)24-16(12-4)20-8/h13-16H,9-12H2,1-8H3. The second kappa shape index (κ2) is 14.0. The first-order valence-corrected chi connectivity index (χ1v) is 10.4. The molecule has 0 aliphatic carbocycles. The van der Waals surface area contributed by atoms with E-state index in [9.17, 15) is 0 Å². The molecule has 0 bridgehead atoms. The van der Waals surface area contributed by atoms with Crippen molar-refractivity contribution in [2.45, 2.75) is 78.5 Å². The summed E-state index contributed by atoms with van der Waals surface area (Å²) in [6, 6.07) is 0. The number of ether oxygens (including phenoxy) is 4. The highest BCUT2D eigenvalue weighted by Crippen LogP contribution is 2.25. The molecule has 152 valence electrons. The van der Waals surface area contributed by atoms with Crippen molar-refractivity contribution in [3.8, 4) is 0 Å². The summed E-state index contributed by atoms with van der Waals surface area (Å²) in [5.74, 6) is 0. The predicted molar refractivity (Wildman–Crippen MR) is 94.4 cm³/mol. The van der Waals surface area contributed by atoms with Gasteiger partial charge in [0.15, 0.2) is 25.2 Å². The van der Waals surface area contributed by atoms with E-state index in [2.05, 4.69) is 0 Å². The van der Waals surface area contributed by atoms with Gasteiger partial charge < -0.3 is 36.7 Å². The Balaban J connectivity index is 5.69. The van der Waals surface area contributed by atoms with Gasteiger partial charge in [0.2, 0.25) is 0 Å². The Hall–Kier alpha value is -0.103. The average Bonchev–Trinajstić information content (AvgIpc) is 2.66. The van der Waals surface area contributed by atoms with Crippen molar-refractivity contribution in [2.75, 3.05) is 28.4 Å². The van der Waals surface area contributed by atoms with Crippen LogP contribution in [0.15, 0.2) is 0 Å². The number of rotatable bonds is 16. The van der Waals surface area contributed by atoms with E-state index in [0.29, 0.717) is 25.7 Å². The Kier molecular flexibility index (Phi) is 14.0. The highest BCUT2D eigenvalue weighted by Gasteiger charge is 2.53. The van der Waals surface area contributed by atoms with E-state index in [4.69, 9.17) is 36.7 Å². The molecule has 25 heavy (non-hydrogen) atoms. The molecule has 4 atom stereocenters. The zero-order valence-electron chi connectivity index (χ0n) is 16.9. The van der Waals surface area contributed by atoms with E-state index in [0.717, 1.165) is 0 Å². The van der Waals surface area contributed by atoms with Crippen LogP contribution in [0.2, 0.25) is 0 Å². The molecule has 0 rings (SSSR count). The molecule has 0 aromatic carbocycles. The molecule has 0 aliphatic heterocycles. The molecular weight excluding hydrogens is 348 g/mol. The molecule has 0 amide bonds. The van der Waals surface area contributed by atoms with Gasteiger partial charge >= 0.3 is 9.05 Å². The minimum absolute atomic E-state index is 0.551. The van der Waals surface area contributed by atoms with Gasteiger partial charge in [-0.1, -0.05) is 27.7 Å². The molecule has 0 heterocycles. The normalized spacial score (nSPS) is 19.2. The van der Waals surface area contributed by atoms with Gasteiger partial charge in [0.25, 0.3) is 0 Å². The van der Waals surface area contributed by atoms with Gasteiger partial charge in [-0.2, -0.15) is 0 Å². The highest BCUT2D eigenvalue weighted by atomic mass is 28.4. The molecule has 4 unspecified atom stereocenters. The maximum atomic E-state index is 6.05. The molecule has 0 N–H and O–H groups in total. The van der Waals surface area contributed by atoms with Crippen molar-refractivity contribution < 1.29 is 36.7 Å². The average molecular weight is 385 g/mol. The zero-order valence-corrected chi connectivity index (χ0v) is 17.9. The van der Waals surface area contributed by atoms with Crippen LogP contribution in [-0.2, 0) is 36.7 Å². The maximum absolute atomic E-state index is 6.05. The maximum Gasteiger partial charge on any atom is 0.687 e. The lowest BCUT2D eigenvalue weighted by Gasteiger charge is -2.36. The van der Waals surface area contributed by atoms with Crippen LogP contribution in [-0.4, -0.2) is 62.6 Å². The third-order valence-corrected chi connectivity index (χ3v) is 5.69. The largest absolute Gasteiger partial charge is 0.687 e. The summed E-state index contributed by atoms with van der Waals surface area (Å²) in [6.07, 6.45) is 0.179. The molecule has 0 saturated heterocycles. The highest BCUT2D eigenvalue weighted by molar-refractivity contribution is 6.53. The lowest BCUT2D eigenvalue weighted by atomic mass is 10.5. The molecule has 8 nitrogen and oxygen atoms in total. The summed E-state index contributed by atoms with van der Waals surface area (Å²) in [5.41, 5.74) is 0. The topological polar surface area (TPSA) is 73.8 Å². The second-order valence-corrected chi connectivity index (χ2v) is 7.21. The first-order chi connectivity index (χ1) is 12.0. The van der Waals surface area contributed by atoms with Crippen LogP contribution in [0.1, 0.15) is 53.4 Å². The summed E-state index contributed by atoms with van der Waals surface area (Å²) in [5, 5.41) is 0. The SMILES string of the molecule is CCC(OC)O[Si](OC(CC)OC)(OC(CC)OC)OC(CC)OC. The Morgan fingerprint density at radius 2 is 0.680 bits per heavy atom. The fourth-order valence-corrected chi connectivity index (χ4v) is 4.68. The Morgan fingerprint density at radius 1 is 0.480 bits per heavy atom. The van der Waals surface area contributed by atoms with Gasteiger partial charge in [0, 0.05) is 28.4 Å². The van der Waals surface area contributed by atoms with Crippen LogP contribution < -0.4 is 0 Å². The minimum Gasteiger partial charge on any atom is -0.357 e. The van der Waals surface area contributed by atoms with E-state index in [1.807, 2.05) is 27.7 Å². The lowest BCUT2D eigenvalue weighted by Crippen LogP contribution is -2.57. The van der Waals surface area contributed by atoms with Crippen LogP contribution in [0.5, 0.6) is 0 Å². The molecule has 0 aromatic rings. The third kappa shape index (κ3) is 8.89. The molecule has 0 radical (unpaired) electrons. The summed E-state index contributed by atoms with van der Waals surface area (Å²) in [6.45, 7) is 7.73. The van der Waals surface area contributed by atoms with Crippen molar-refractivity contribution in [1.29, 1.82) is 0 Å². The zero-order chi connectivity index (χ0) is 19.3. The number of hydrogen-bond acceptors (Lipinski definition) is 8. The van der Waals surface area contributed by atoms with Gasteiger partial charge in [-0.15, -0.1) is 0 Å². The minimum atomic E-state index is -3.72. The lowest BCUT2D eigenvalue weighted by molar-refractivity contribution is -0.234. The van der Waals surface area contributed by atoms with Gasteiger partial charge in [-0.05, 0) is 25.7 Å². The van der Waals surface area contributed by atoms with E-state index in [1.165, 1.54) is 0 Å². The quantitative estimate of drug-likeness (QED) is 0.297. The summed E-state index contributed by atoms with van der Waals surface area (Å²) in [7, 11) is 2.52. The first kappa shape index (κ1) is 24.9. The Morgan fingerprint density at radius 3 is 0.800 bits per heavy atom. The van der Waals surface area contributed by atoms with Crippen molar-refractivity contribution in [1.82, 2.24) is 0 Å². The predicted octanol–water partition coefficient (Wildman–Crippen LogP) is 3.02. The van der Waals surface area contributed by atoms with Gasteiger partial charge in [0.1, 0.15) is 0 Å². The van der Waals surface area contributed by atoms with Crippen LogP contribution in [0.3, 0.4) is 0 Å². The smallest absolute Gasteiger partial charge is 0.357 e. The van der Waals surface area contributed by atoms with Crippen molar-refractivity contribution in [2.24, 2.45) is 0 Å². The van der Waals surface area contributed by atoms with E-state index in [1.54, 1.807) is 28.4 Å². The summed E-state index contributed by atoms with van der Waals surface area (Å²) in [4.78, 5) is 0. The van der Waals surface area contributed by atoms with E-state index in [-0.39, 0.29) is 0 Å². The Bertz CT molecular complexity index is 243. The van der Waals surface area contributed by atoms with Crippen LogP contribution >= 0.6 is 0 Å². The number of hydrogen-bond donors (Lipinski definition) is 0. The molecular formula is C16H36O8Si. The van der Waals surface area contributed by atoms with Gasteiger partial charge in [0.05, 0.1) is 0 Å². The Labute approximate surface area is 153 Å². The third-order valence-electron chi connectivity index (χ3n) is 3.49. The summed E-state index contributed by atoms with van der Waals surface area (Å²) >= 11 is 0. The number of methoxy groups -OCH3 is 4. The van der Waals surface area contributed by atoms with E-state index < -0.39 is 34.2 Å². The fourth-order valence-electron chi connectivity index (χ4n) is 2.00. The van der Waals surface area contributed by atoms with Gasteiger partial charge in [-0.3, -0.25) is 0 Å². The van der Waals surface area contributed by atoms with E-state index >= 15 is 0 Å². The second-order valence-electron chi connectivity index (χ2n) is 5.27. The van der Waals surface area contributed by atoms with Crippen molar-refractivity contribution in [3.05, 3.63) is 0 Å². The van der Waals surface area contributed by atoms with Crippen LogP contribution in [0.25, 0.3) is 0 Å². The summed E-state index contributed by atoms with van der Waals surface area (Å²) < 4.78 is 45.6. The molecule has 9 heteroatoms. The fraction of sp³-hybridized carbons (Fsp3) is 1.00. The van der Waals surface area contributed by atoms with Crippen molar-refractivity contribution >= 4 is 9.05 Å². The molecule has 0 aromatic heterocycles. The first-order valence-electron chi connectivity index (χ1n) is 8.80. The van der Waals surface area contributed by atoms with Gasteiger partial charge in [-0.25, -0.2) is 0 Å². The van der Waals surface area contributed by atoms with Crippen molar-refractivity contribution in [3.63, 3.8) is 0 Å². The van der Waals surface area contributed by atoms with Crippen LogP contribution in [0.4, 0.5) is 0 Å². The molecule has 0 saturated carbocycles. The molecule has 0 aliphatic rings. The monoisotopic (exact) mass is 384 g/mol. The molecule has 0 fully saturated rings.